The molecule has 0 radical (unpaired) electrons. The van der Waals surface area contributed by atoms with Crippen molar-refractivity contribution >= 4 is 46.8 Å². The second kappa shape index (κ2) is 39.1. The first-order valence-corrected chi connectivity index (χ1v) is 24.6. The van der Waals surface area contributed by atoms with Crippen LogP contribution in [0.4, 0.5) is 5.69 Å². The molecule has 0 aliphatic heterocycles. The second-order valence-electron chi connectivity index (χ2n) is 16.3. The quantitative estimate of drug-likeness (QED) is 0.0300. The van der Waals surface area contributed by atoms with Crippen LogP contribution in [0.15, 0.2) is 24.3 Å². The van der Waals surface area contributed by atoms with Crippen LogP contribution < -0.4 is 10.6 Å². The average Bonchev–Trinajstić information content (AvgIpc) is 3.22. The van der Waals surface area contributed by atoms with Crippen LogP contribution in [0.5, 0.6) is 0 Å². The van der Waals surface area contributed by atoms with Gasteiger partial charge in [-0.1, -0.05) is 180 Å². The van der Waals surface area contributed by atoms with E-state index in [1.165, 1.54) is 128 Å². The fourth-order valence-corrected chi connectivity index (χ4v) is 7.64. The number of carbonyl (C=O) groups excluding carboxylic acids is 3. The Morgan fingerprint density at radius 1 is 0.552 bits per heavy atom. The Labute approximate surface area is 364 Å². The van der Waals surface area contributed by atoms with Crippen LogP contribution in [0.2, 0.25) is 0 Å². The number of alkyl halides is 2. The van der Waals surface area contributed by atoms with E-state index in [-0.39, 0.29) is 38.0 Å². The standard InChI is InChI=1S/C48H84Cl2N2O6/c1-3-5-7-9-11-13-15-17-19-21-23-25-27-29-46(53)56-40-44(58-47(54)30-28-26-24-22-20-18-16-14-12-10-8-6-4-2)41-57-48(55)45(51)39-42-31-33-43(34-32-42)52(37-35-49)38-36-50/h31-34,44-45H,3-30,35-41,51H2,1-2H3/t44?,45-/m0/s1. The number of ether oxygens (including phenoxy) is 3. The van der Waals surface area contributed by atoms with Crippen LogP contribution in [0.3, 0.4) is 0 Å². The maximum atomic E-state index is 12.9. The molecule has 0 aliphatic rings. The summed E-state index contributed by atoms with van der Waals surface area (Å²) in [6, 6.07) is 6.87. The predicted octanol–water partition coefficient (Wildman–Crippen LogP) is 12.8. The zero-order valence-corrected chi connectivity index (χ0v) is 38.5. The number of nitrogens with two attached hydrogens (primary N) is 1. The fourth-order valence-electron chi connectivity index (χ4n) is 7.23. The van der Waals surface area contributed by atoms with Gasteiger partial charge in [-0.3, -0.25) is 14.4 Å². The minimum Gasteiger partial charge on any atom is -0.462 e. The Morgan fingerprint density at radius 3 is 1.34 bits per heavy atom. The molecule has 0 saturated carbocycles. The number of hydrogen-bond acceptors (Lipinski definition) is 8. The van der Waals surface area contributed by atoms with Gasteiger partial charge in [0.2, 0.25) is 0 Å². The van der Waals surface area contributed by atoms with Gasteiger partial charge in [0.15, 0.2) is 6.10 Å². The number of hydrogen-bond donors (Lipinski definition) is 1. The Bertz CT molecular complexity index is 1120. The third kappa shape index (κ3) is 30.9. The van der Waals surface area contributed by atoms with Crippen LogP contribution in [-0.4, -0.2) is 68.1 Å². The maximum Gasteiger partial charge on any atom is 0.323 e. The van der Waals surface area contributed by atoms with Crippen molar-refractivity contribution in [3.05, 3.63) is 29.8 Å². The molecule has 0 bridgehead atoms. The number of benzene rings is 1. The van der Waals surface area contributed by atoms with Gasteiger partial charge < -0.3 is 24.8 Å². The third-order valence-electron chi connectivity index (χ3n) is 10.9. The molecule has 0 aromatic heterocycles. The molecule has 8 nitrogen and oxygen atoms in total. The summed E-state index contributed by atoms with van der Waals surface area (Å²) in [7, 11) is 0. The number of esters is 3. The largest absolute Gasteiger partial charge is 0.462 e. The number of unbranched alkanes of at least 4 members (excludes halogenated alkanes) is 24. The summed E-state index contributed by atoms with van der Waals surface area (Å²) in [4.78, 5) is 40.5. The molecule has 2 atom stereocenters. The number of nitrogens with zero attached hydrogens (tertiary/aromatic N) is 1. The van der Waals surface area contributed by atoms with E-state index in [2.05, 4.69) is 18.7 Å². The first-order valence-electron chi connectivity index (χ1n) is 23.6. The maximum absolute atomic E-state index is 12.9. The Balaban J connectivity index is 2.49. The van der Waals surface area contributed by atoms with Crippen molar-refractivity contribution in [1.29, 1.82) is 0 Å². The summed E-state index contributed by atoms with van der Waals surface area (Å²) < 4.78 is 16.8. The lowest BCUT2D eigenvalue weighted by atomic mass is 10.0. The molecular formula is C48H84Cl2N2O6. The lowest BCUT2D eigenvalue weighted by molar-refractivity contribution is -0.167. The molecule has 0 heterocycles. The molecule has 336 valence electrons. The van der Waals surface area contributed by atoms with Gasteiger partial charge in [-0.25, -0.2) is 0 Å². The highest BCUT2D eigenvalue weighted by Crippen LogP contribution is 2.18. The summed E-state index contributed by atoms with van der Waals surface area (Å²) in [5, 5.41) is 0. The van der Waals surface area contributed by atoms with Crippen molar-refractivity contribution < 1.29 is 28.6 Å². The van der Waals surface area contributed by atoms with Crippen molar-refractivity contribution in [2.75, 3.05) is 43.0 Å². The highest BCUT2D eigenvalue weighted by Gasteiger charge is 2.22. The molecule has 1 rings (SSSR count). The molecule has 0 spiro atoms. The van der Waals surface area contributed by atoms with Gasteiger partial charge in [0, 0.05) is 43.4 Å². The first-order chi connectivity index (χ1) is 28.3. The molecular weight excluding hydrogens is 771 g/mol. The molecule has 58 heavy (non-hydrogen) atoms. The van der Waals surface area contributed by atoms with Gasteiger partial charge >= 0.3 is 17.9 Å². The van der Waals surface area contributed by atoms with Crippen molar-refractivity contribution in [3.63, 3.8) is 0 Å². The second-order valence-corrected chi connectivity index (χ2v) is 17.0. The smallest absolute Gasteiger partial charge is 0.323 e. The molecule has 0 fully saturated rings. The molecule has 1 unspecified atom stereocenters. The van der Waals surface area contributed by atoms with Gasteiger partial charge in [0.05, 0.1) is 0 Å². The van der Waals surface area contributed by atoms with Gasteiger partial charge in [0.1, 0.15) is 19.3 Å². The molecule has 0 amide bonds. The summed E-state index contributed by atoms with van der Waals surface area (Å²) in [6.45, 7) is 5.48. The zero-order valence-electron chi connectivity index (χ0n) is 36.9. The Hall–Kier alpha value is -2.03. The summed E-state index contributed by atoms with van der Waals surface area (Å²) in [6.07, 6.45) is 31.9. The van der Waals surface area contributed by atoms with E-state index in [1.54, 1.807) is 0 Å². The zero-order chi connectivity index (χ0) is 42.3. The van der Waals surface area contributed by atoms with Crippen LogP contribution >= 0.6 is 23.2 Å². The van der Waals surface area contributed by atoms with E-state index < -0.39 is 18.1 Å². The van der Waals surface area contributed by atoms with E-state index >= 15 is 0 Å². The van der Waals surface area contributed by atoms with Crippen LogP contribution in [0, 0.1) is 0 Å². The average molecular weight is 856 g/mol. The monoisotopic (exact) mass is 855 g/mol. The Morgan fingerprint density at radius 2 is 0.931 bits per heavy atom. The van der Waals surface area contributed by atoms with E-state index in [9.17, 15) is 14.4 Å². The predicted molar refractivity (Wildman–Crippen MR) is 244 cm³/mol. The number of carbonyl (C=O) groups is 3. The normalized spacial score (nSPS) is 12.3. The lowest BCUT2D eigenvalue weighted by Crippen LogP contribution is -2.38. The lowest BCUT2D eigenvalue weighted by Gasteiger charge is -2.23. The minimum atomic E-state index is -0.909. The van der Waals surface area contributed by atoms with Crippen LogP contribution in [0.25, 0.3) is 0 Å². The summed E-state index contributed by atoms with van der Waals surface area (Å²) in [5.41, 5.74) is 8.12. The van der Waals surface area contributed by atoms with Gasteiger partial charge in [0.25, 0.3) is 0 Å². The van der Waals surface area contributed by atoms with Gasteiger partial charge in [-0.2, -0.15) is 0 Å². The molecule has 10 heteroatoms. The van der Waals surface area contributed by atoms with Crippen molar-refractivity contribution in [2.24, 2.45) is 5.73 Å². The van der Waals surface area contributed by atoms with E-state index in [4.69, 9.17) is 43.1 Å². The van der Waals surface area contributed by atoms with Crippen molar-refractivity contribution in [1.82, 2.24) is 0 Å². The van der Waals surface area contributed by atoms with E-state index in [0.29, 0.717) is 31.3 Å². The van der Waals surface area contributed by atoms with E-state index in [1.807, 2.05) is 24.3 Å². The topological polar surface area (TPSA) is 108 Å². The minimum absolute atomic E-state index is 0.160. The van der Waals surface area contributed by atoms with Gasteiger partial charge in [-0.15, -0.1) is 23.2 Å². The van der Waals surface area contributed by atoms with Crippen LogP contribution in [-0.2, 0) is 35.0 Å². The molecule has 1 aromatic rings. The molecule has 0 aliphatic carbocycles. The van der Waals surface area contributed by atoms with E-state index in [0.717, 1.165) is 49.8 Å². The van der Waals surface area contributed by atoms with Crippen molar-refractivity contribution in [2.45, 2.75) is 212 Å². The third-order valence-corrected chi connectivity index (χ3v) is 11.2. The Kier molecular flexibility index (Phi) is 36.4. The summed E-state index contributed by atoms with van der Waals surface area (Å²) >= 11 is 11.9. The number of halogens is 2. The van der Waals surface area contributed by atoms with Crippen LogP contribution in [0.1, 0.15) is 199 Å². The van der Waals surface area contributed by atoms with Crippen molar-refractivity contribution in [3.8, 4) is 0 Å². The highest BCUT2D eigenvalue weighted by atomic mass is 35.5. The number of anilines is 1. The summed E-state index contributed by atoms with van der Waals surface area (Å²) in [5.74, 6) is -0.333. The number of rotatable bonds is 41. The molecule has 0 saturated heterocycles. The molecule has 2 N–H and O–H groups in total. The first kappa shape index (κ1) is 54.0. The fraction of sp³-hybridized carbons (Fsp3) is 0.812. The van der Waals surface area contributed by atoms with Gasteiger partial charge in [-0.05, 0) is 37.0 Å². The molecule has 1 aromatic carbocycles. The SMILES string of the molecule is CCCCCCCCCCCCCCCC(=O)OCC(COC(=O)[C@@H](N)Cc1ccc(N(CCCl)CCCl)cc1)OC(=O)CCCCCCCCCCCCCCC. The highest BCUT2D eigenvalue weighted by molar-refractivity contribution is 6.18.